The van der Waals surface area contributed by atoms with Gasteiger partial charge in [0, 0.05) is 12.0 Å². The third kappa shape index (κ3) is 3.70. The van der Waals surface area contributed by atoms with Crippen molar-refractivity contribution in [2.45, 2.75) is 63.8 Å². The van der Waals surface area contributed by atoms with Crippen LogP contribution in [0.4, 0.5) is 0 Å². The maximum absolute atomic E-state index is 12.1. The van der Waals surface area contributed by atoms with Crippen molar-refractivity contribution < 1.29 is 4.79 Å². The van der Waals surface area contributed by atoms with E-state index in [1.54, 1.807) is 0 Å². The molecule has 3 nitrogen and oxygen atoms in total. The van der Waals surface area contributed by atoms with Crippen molar-refractivity contribution >= 4 is 5.91 Å². The molecule has 0 radical (unpaired) electrons. The molecule has 2 fully saturated rings. The fourth-order valence-electron chi connectivity index (χ4n) is 3.23. The summed E-state index contributed by atoms with van der Waals surface area (Å²) in [6.45, 7) is 0.789. The molecule has 0 atom stereocenters. The number of amides is 1. The van der Waals surface area contributed by atoms with Gasteiger partial charge in [0.2, 0.25) is 5.91 Å². The van der Waals surface area contributed by atoms with E-state index in [0.29, 0.717) is 17.9 Å². The highest BCUT2D eigenvalue weighted by molar-refractivity contribution is 5.79. The van der Waals surface area contributed by atoms with Gasteiger partial charge in [0.15, 0.2) is 0 Å². The molecule has 98 valence electrons. The topological polar surface area (TPSA) is 55.1 Å². The molecule has 0 unspecified atom stereocenters. The van der Waals surface area contributed by atoms with Gasteiger partial charge in [0.05, 0.1) is 0 Å². The summed E-state index contributed by atoms with van der Waals surface area (Å²) in [5.41, 5.74) is 5.67. The summed E-state index contributed by atoms with van der Waals surface area (Å²) >= 11 is 0. The van der Waals surface area contributed by atoms with Crippen molar-refractivity contribution in [3.63, 3.8) is 0 Å². The predicted octanol–water partition coefficient (Wildman–Crippen LogP) is 2.20. The minimum Gasteiger partial charge on any atom is -0.353 e. The lowest BCUT2D eigenvalue weighted by Gasteiger charge is -2.29. The molecule has 2 aliphatic rings. The van der Waals surface area contributed by atoms with Gasteiger partial charge < -0.3 is 11.1 Å². The van der Waals surface area contributed by atoms with Crippen molar-refractivity contribution in [3.8, 4) is 0 Å². The second-order valence-corrected chi connectivity index (χ2v) is 5.80. The minimum atomic E-state index is 0.264. The molecule has 1 amide bonds. The Morgan fingerprint density at radius 3 is 2.24 bits per heavy atom. The number of hydrogen-bond donors (Lipinski definition) is 2. The maximum atomic E-state index is 12.1. The molecule has 0 aromatic carbocycles. The van der Waals surface area contributed by atoms with Gasteiger partial charge in [-0.25, -0.2) is 0 Å². The van der Waals surface area contributed by atoms with Crippen LogP contribution in [0.15, 0.2) is 0 Å². The van der Waals surface area contributed by atoms with E-state index in [1.807, 2.05) is 0 Å². The average molecular weight is 238 g/mol. The minimum absolute atomic E-state index is 0.264. The van der Waals surface area contributed by atoms with Crippen LogP contribution in [0.25, 0.3) is 0 Å². The summed E-state index contributed by atoms with van der Waals surface area (Å²) < 4.78 is 0. The molecular formula is C14H26N2O. The number of nitrogens with two attached hydrogens (primary N) is 1. The SMILES string of the molecule is NC[C@H]1CC[C@H](C(=O)NC2CCCCC2)CC1. The van der Waals surface area contributed by atoms with Crippen LogP contribution >= 0.6 is 0 Å². The van der Waals surface area contributed by atoms with Crippen molar-refractivity contribution in [1.82, 2.24) is 5.32 Å². The lowest BCUT2D eigenvalue weighted by molar-refractivity contribution is -0.127. The molecule has 3 N–H and O–H groups in total. The molecule has 0 heterocycles. The van der Waals surface area contributed by atoms with Gasteiger partial charge in [0.25, 0.3) is 0 Å². The fourth-order valence-corrected chi connectivity index (χ4v) is 3.23. The Bertz CT molecular complexity index is 241. The first kappa shape index (κ1) is 12.9. The highest BCUT2D eigenvalue weighted by atomic mass is 16.1. The monoisotopic (exact) mass is 238 g/mol. The van der Waals surface area contributed by atoms with E-state index < -0.39 is 0 Å². The highest BCUT2D eigenvalue weighted by Gasteiger charge is 2.27. The van der Waals surface area contributed by atoms with Gasteiger partial charge in [-0.2, -0.15) is 0 Å². The summed E-state index contributed by atoms with van der Waals surface area (Å²) in [6.07, 6.45) is 10.6. The van der Waals surface area contributed by atoms with E-state index in [2.05, 4.69) is 5.32 Å². The Morgan fingerprint density at radius 1 is 1.00 bits per heavy atom. The van der Waals surface area contributed by atoms with Crippen LogP contribution in [0.3, 0.4) is 0 Å². The number of carbonyl (C=O) groups excluding carboxylic acids is 1. The van der Waals surface area contributed by atoms with Crippen molar-refractivity contribution in [3.05, 3.63) is 0 Å². The quantitative estimate of drug-likeness (QED) is 0.792. The van der Waals surface area contributed by atoms with Crippen molar-refractivity contribution in [2.75, 3.05) is 6.54 Å². The van der Waals surface area contributed by atoms with Crippen molar-refractivity contribution in [1.29, 1.82) is 0 Å². The fraction of sp³-hybridized carbons (Fsp3) is 0.929. The second-order valence-electron chi connectivity index (χ2n) is 5.80. The van der Waals surface area contributed by atoms with Crippen LogP contribution in [0.1, 0.15) is 57.8 Å². The number of rotatable bonds is 3. The zero-order valence-electron chi connectivity index (χ0n) is 10.8. The van der Waals surface area contributed by atoms with Crippen LogP contribution in [-0.2, 0) is 4.79 Å². The summed E-state index contributed by atoms with van der Waals surface area (Å²) in [7, 11) is 0. The third-order valence-corrected chi connectivity index (χ3v) is 4.50. The Morgan fingerprint density at radius 2 is 1.65 bits per heavy atom. The normalized spacial score (nSPS) is 31.1. The number of carbonyl (C=O) groups is 1. The van der Waals surface area contributed by atoms with E-state index in [1.165, 1.54) is 32.1 Å². The Balaban J connectivity index is 1.72. The van der Waals surface area contributed by atoms with E-state index in [0.717, 1.165) is 32.2 Å². The highest BCUT2D eigenvalue weighted by Crippen LogP contribution is 2.28. The van der Waals surface area contributed by atoms with Crippen LogP contribution in [0, 0.1) is 11.8 Å². The Labute approximate surface area is 105 Å². The lowest BCUT2D eigenvalue weighted by Crippen LogP contribution is -2.41. The van der Waals surface area contributed by atoms with Gasteiger partial charge in [-0.05, 0) is 51.0 Å². The zero-order chi connectivity index (χ0) is 12.1. The average Bonchev–Trinajstić information content (AvgIpc) is 2.40. The molecule has 2 aliphatic carbocycles. The van der Waals surface area contributed by atoms with Gasteiger partial charge >= 0.3 is 0 Å². The second kappa shape index (κ2) is 6.39. The summed E-state index contributed by atoms with van der Waals surface area (Å²) in [5.74, 6) is 1.24. The Kier molecular flexibility index (Phi) is 4.84. The molecule has 0 aliphatic heterocycles. The summed E-state index contributed by atoms with van der Waals surface area (Å²) in [5, 5.41) is 3.25. The molecule has 3 heteroatoms. The van der Waals surface area contributed by atoms with E-state index in [9.17, 15) is 4.79 Å². The standard InChI is InChI=1S/C14H26N2O/c15-10-11-6-8-12(9-7-11)14(17)16-13-4-2-1-3-5-13/h11-13H,1-10,15H2,(H,16,17)/t11-,12-. The number of nitrogens with one attached hydrogen (secondary N) is 1. The molecule has 0 spiro atoms. The van der Waals surface area contributed by atoms with Crippen LogP contribution in [-0.4, -0.2) is 18.5 Å². The van der Waals surface area contributed by atoms with Crippen LogP contribution in [0.2, 0.25) is 0 Å². The molecule has 0 bridgehead atoms. The lowest BCUT2D eigenvalue weighted by atomic mass is 9.81. The predicted molar refractivity (Wildman–Crippen MR) is 69.5 cm³/mol. The first-order chi connectivity index (χ1) is 8.29. The first-order valence-electron chi connectivity index (χ1n) is 7.30. The molecule has 0 aromatic rings. The van der Waals surface area contributed by atoms with E-state index in [4.69, 9.17) is 5.73 Å². The molecule has 2 saturated carbocycles. The van der Waals surface area contributed by atoms with Gasteiger partial charge in [-0.3, -0.25) is 4.79 Å². The van der Waals surface area contributed by atoms with Gasteiger partial charge in [-0.15, -0.1) is 0 Å². The Hall–Kier alpha value is -0.570. The van der Waals surface area contributed by atoms with Gasteiger partial charge in [0.1, 0.15) is 0 Å². The van der Waals surface area contributed by atoms with E-state index >= 15 is 0 Å². The molecule has 0 aromatic heterocycles. The maximum Gasteiger partial charge on any atom is 0.223 e. The molecular weight excluding hydrogens is 212 g/mol. The van der Waals surface area contributed by atoms with Crippen LogP contribution < -0.4 is 11.1 Å². The zero-order valence-corrected chi connectivity index (χ0v) is 10.8. The van der Waals surface area contributed by atoms with Crippen LogP contribution in [0.5, 0.6) is 0 Å². The largest absolute Gasteiger partial charge is 0.353 e. The van der Waals surface area contributed by atoms with E-state index in [-0.39, 0.29) is 5.92 Å². The molecule has 2 rings (SSSR count). The smallest absolute Gasteiger partial charge is 0.223 e. The third-order valence-electron chi connectivity index (χ3n) is 4.50. The first-order valence-corrected chi connectivity index (χ1v) is 7.30. The van der Waals surface area contributed by atoms with Crippen molar-refractivity contribution in [2.24, 2.45) is 17.6 Å². The van der Waals surface area contributed by atoms with Gasteiger partial charge in [-0.1, -0.05) is 19.3 Å². The molecule has 17 heavy (non-hydrogen) atoms. The summed E-state index contributed by atoms with van der Waals surface area (Å²) in [4.78, 5) is 12.1. The summed E-state index contributed by atoms with van der Waals surface area (Å²) in [6, 6.07) is 0.462. The molecule has 0 saturated heterocycles. The number of hydrogen-bond acceptors (Lipinski definition) is 2.